The Morgan fingerprint density at radius 3 is 2.80 bits per heavy atom. The molecule has 0 saturated carbocycles. The molecule has 3 aromatic heterocycles. The number of aromatic nitrogens is 2. The summed E-state index contributed by atoms with van der Waals surface area (Å²) in [5.41, 5.74) is 3.20. The lowest BCUT2D eigenvalue weighted by atomic mass is 10.2. The van der Waals surface area contributed by atoms with Crippen molar-refractivity contribution in [1.29, 1.82) is 0 Å². The van der Waals surface area contributed by atoms with Crippen molar-refractivity contribution in [3.63, 3.8) is 0 Å². The van der Waals surface area contributed by atoms with Crippen LogP contribution >= 0.6 is 11.3 Å². The highest BCUT2D eigenvalue weighted by Gasteiger charge is 2.09. The average Bonchev–Trinajstić information content (AvgIpc) is 3.11. The van der Waals surface area contributed by atoms with Gasteiger partial charge >= 0.3 is 0 Å². The van der Waals surface area contributed by atoms with Crippen LogP contribution in [0.1, 0.15) is 11.3 Å². The number of rotatable bonds is 5. The normalized spacial score (nSPS) is 11.1. The summed E-state index contributed by atoms with van der Waals surface area (Å²) in [5, 5.41) is 8.37. The Morgan fingerprint density at radius 1 is 1.20 bits per heavy atom. The van der Waals surface area contributed by atoms with E-state index in [0.717, 1.165) is 30.1 Å². The van der Waals surface area contributed by atoms with E-state index < -0.39 is 0 Å². The molecule has 0 N–H and O–H groups in total. The van der Waals surface area contributed by atoms with E-state index in [-0.39, 0.29) is 0 Å². The molecular weight excluding hydrogens is 270 g/mol. The fourth-order valence-corrected chi connectivity index (χ4v) is 2.72. The first kappa shape index (κ1) is 13.0. The molecule has 3 heterocycles. The Kier molecular flexibility index (Phi) is 3.90. The van der Waals surface area contributed by atoms with Crippen molar-refractivity contribution in [1.82, 2.24) is 15.0 Å². The van der Waals surface area contributed by atoms with Crippen LogP contribution in [0.2, 0.25) is 0 Å². The van der Waals surface area contributed by atoms with E-state index in [2.05, 4.69) is 38.9 Å². The van der Waals surface area contributed by atoms with Gasteiger partial charge in [0.1, 0.15) is 5.69 Å². The zero-order valence-electron chi connectivity index (χ0n) is 11.2. The second-order valence-electron chi connectivity index (χ2n) is 4.72. The molecule has 3 rings (SSSR count). The molecule has 0 atom stereocenters. The first-order valence-electron chi connectivity index (χ1n) is 6.37. The Labute approximate surface area is 121 Å². The summed E-state index contributed by atoms with van der Waals surface area (Å²) < 4.78 is 5.40. The maximum atomic E-state index is 5.40. The van der Waals surface area contributed by atoms with Gasteiger partial charge < -0.3 is 4.52 Å². The highest BCUT2D eigenvalue weighted by molar-refractivity contribution is 7.07. The molecule has 0 radical (unpaired) electrons. The Bertz CT molecular complexity index is 649. The molecule has 0 aliphatic carbocycles. The third-order valence-corrected chi connectivity index (χ3v) is 3.73. The number of pyridine rings is 1. The standard InChI is InChI=1S/C15H15N3OS/c1-18(9-12-4-7-20-11-12)10-14-8-15(17-19-14)13-2-5-16-6-3-13/h2-8,11H,9-10H2,1H3. The molecule has 0 spiro atoms. The average molecular weight is 285 g/mol. The van der Waals surface area contributed by atoms with Crippen LogP contribution in [0.25, 0.3) is 11.3 Å². The Balaban J connectivity index is 1.65. The fraction of sp³-hybridized carbons (Fsp3) is 0.200. The van der Waals surface area contributed by atoms with E-state index in [1.165, 1.54) is 5.56 Å². The molecule has 0 saturated heterocycles. The molecule has 0 amide bonds. The van der Waals surface area contributed by atoms with Crippen LogP contribution in [-0.2, 0) is 13.1 Å². The van der Waals surface area contributed by atoms with Gasteiger partial charge in [0.25, 0.3) is 0 Å². The van der Waals surface area contributed by atoms with Gasteiger partial charge in [0, 0.05) is 30.6 Å². The second-order valence-corrected chi connectivity index (χ2v) is 5.50. The number of hydrogen-bond donors (Lipinski definition) is 0. The molecule has 0 aliphatic heterocycles. The molecule has 0 fully saturated rings. The van der Waals surface area contributed by atoms with Gasteiger partial charge in [0.15, 0.2) is 5.76 Å². The molecular formula is C15H15N3OS. The van der Waals surface area contributed by atoms with Gasteiger partial charge in [0.2, 0.25) is 0 Å². The maximum absolute atomic E-state index is 5.40. The van der Waals surface area contributed by atoms with Crippen molar-refractivity contribution in [2.24, 2.45) is 0 Å². The van der Waals surface area contributed by atoms with Gasteiger partial charge in [-0.05, 0) is 41.6 Å². The minimum Gasteiger partial charge on any atom is -0.359 e. The Hall–Kier alpha value is -1.98. The number of hydrogen-bond acceptors (Lipinski definition) is 5. The summed E-state index contributed by atoms with van der Waals surface area (Å²) in [5.74, 6) is 0.870. The molecule has 0 aromatic carbocycles. The first-order chi connectivity index (χ1) is 9.81. The lowest BCUT2D eigenvalue weighted by molar-refractivity contribution is 0.267. The van der Waals surface area contributed by atoms with Crippen LogP contribution < -0.4 is 0 Å². The van der Waals surface area contributed by atoms with Crippen LogP contribution in [0.4, 0.5) is 0 Å². The summed E-state index contributed by atoms with van der Waals surface area (Å²) in [6.07, 6.45) is 3.51. The van der Waals surface area contributed by atoms with Crippen molar-refractivity contribution in [2.75, 3.05) is 7.05 Å². The topological polar surface area (TPSA) is 42.2 Å². The minimum atomic E-state index is 0.744. The van der Waals surface area contributed by atoms with Crippen LogP contribution in [0.3, 0.4) is 0 Å². The predicted molar refractivity (Wildman–Crippen MR) is 79.2 cm³/mol. The van der Waals surface area contributed by atoms with E-state index in [0.29, 0.717) is 0 Å². The molecule has 5 heteroatoms. The highest BCUT2D eigenvalue weighted by atomic mass is 32.1. The SMILES string of the molecule is CN(Cc1ccsc1)Cc1cc(-c2ccncc2)no1. The number of nitrogens with zero attached hydrogens (tertiary/aromatic N) is 3. The van der Waals surface area contributed by atoms with E-state index in [4.69, 9.17) is 4.52 Å². The van der Waals surface area contributed by atoms with Gasteiger partial charge in [-0.1, -0.05) is 5.16 Å². The van der Waals surface area contributed by atoms with Crippen LogP contribution in [-0.4, -0.2) is 22.1 Å². The fourth-order valence-electron chi connectivity index (χ4n) is 2.06. The molecule has 3 aromatic rings. The van der Waals surface area contributed by atoms with Gasteiger partial charge in [-0.25, -0.2) is 0 Å². The quantitative estimate of drug-likeness (QED) is 0.720. The van der Waals surface area contributed by atoms with Crippen molar-refractivity contribution < 1.29 is 4.52 Å². The van der Waals surface area contributed by atoms with Gasteiger partial charge in [-0.2, -0.15) is 11.3 Å². The molecule has 0 aliphatic rings. The molecule has 0 bridgehead atoms. The van der Waals surface area contributed by atoms with Crippen LogP contribution in [0.5, 0.6) is 0 Å². The summed E-state index contributed by atoms with van der Waals surface area (Å²) >= 11 is 1.72. The van der Waals surface area contributed by atoms with Crippen LogP contribution in [0.15, 0.2) is 51.9 Å². The molecule has 4 nitrogen and oxygen atoms in total. The second kappa shape index (κ2) is 5.98. The van der Waals surface area contributed by atoms with Gasteiger partial charge in [-0.15, -0.1) is 0 Å². The third kappa shape index (κ3) is 3.12. The lowest BCUT2D eigenvalue weighted by Crippen LogP contribution is -2.16. The largest absolute Gasteiger partial charge is 0.359 e. The van der Waals surface area contributed by atoms with Crippen molar-refractivity contribution in [3.05, 3.63) is 58.7 Å². The van der Waals surface area contributed by atoms with Gasteiger partial charge in [0.05, 0.1) is 6.54 Å². The third-order valence-electron chi connectivity index (χ3n) is 2.99. The summed E-state index contributed by atoms with van der Waals surface area (Å²) in [4.78, 5) is 6.21. The zero-order valence-corrected chi connectivity index (χ0v) is 12.0. The van der Waals surface area contributed by atoms with E-state index in [1.807, 2.05) is 18.2 Å². The Morgan fingerprint density at radius 2 is 2.05 bits per heavy atom. The van der Waals surface area contributed by atoms with Gasteiger partial charge in [-0.3, -0.25) is 9.88 Å². The molecule has 102 valence electrons. The smallest absolute Gasteiger partial charge is 0.151 e. The summed E-state index contributed by atoms with van der Waals surface area (Å²) in [6.45, 7) is 1.66. The summed E-state index contributed by atoms with van der Waals surface area (Å²) in [6, 6.07) is 7.98. The molecule has 0 unspecified atom stereocenters. The van der Waals surface area contributed by atoms with Crippen molar-refractivity contribution >= 4 is 11.3 Å². The monoisotopic (exact) mass is 285 g/mol. The van der Waals surface area contributed by atoms with Crippen molar-refractivity contribution in [3.8, 4) is 11.3 Å². The van der Waals surface area contributed by atoms with E-state index in [1.54, 1.807) is 23.7 Å². The minimum absolute atomic E-state index is 0.744. The lowest BCUT2D eigenvalue weighted by Gasteiger charge is -2.13. The van der Waals surface area contributed by atoms with E-state index >= 15 is 0 Å². The van der Waals surface area contributed by atoms with Crippen LogP contribution in [0, 0.1) is 0 Å². The first-order valence-corrected chi connectivity index (χ1v) is 7.31. The summed E-state index contributed by atoms with van der Waals surface area (Å²) in [7, 11) is 2.08. The zero-order chi connectivity index (χ0) is 13.8. The predicted octanol–water partition coefficient (Wildman–Crippen LogP) is 3.43. The maximum Gasteiger partial charge on any atom is 0.151 e. The highest BCUT2D eigenvalue weighted by Crippen LogP contribution is 2.19. The van der Waals surface area contributed by atoms with E-state index in [9.17, 15) is 0 Å². The van der Waals surface area contributed by atoms with Crippen molar-refractivity contribution in [2.45, 2.75) is 13.1 Å². The molecule has 20 heavy (non-hydrogen) atoms. The number of thiophene rings is 1.